The first kappa shape index (κ1) is 12.9. The number of aliphatic carboxylic acids is 1. The lowest BCUT2D eigenvalue weighted by Gasteiger charge is -2.11. The molecule has 1 amide bonds. The highest BCUT2D eigenvalue weighted by Gasteiger charge is 2.09. The number of carboxylic acids is 1. The van der Waals surface area contributed by atoms with Crippen LogP contribution in [-0.2, 0) is 9.59 Å². The molecule has 0 bridgehead atoms. The molecule has 2 aromatic rings. The third-order valence-corrected chi connectivity index (χ3v) is 2.63. The van der Waals surface area contributed by atoms with E-state index in [1.807, 2.05) is 47.3 Å². The summed E-state index contributed by atoms with van der Waals surface area (Å²) in [5, 5.41) is 11.3. The van der Waals surface area contributed by atoms with Crippen molar-refractivity contribution < 1.29 is 14.7 Å². The van der Waals surface area contributed by atoms with Gasteiger partial charge in [0.15, 0.2) is 0 Å². The van der Waals surface area contributed by atoms with Gasteiger partial charge in [-0.2, -0.15) is 0 Å². The summed E-state index contributed by atoms with van der Waals surface area (Å²) in [5.74, 6) is -1.28. The number of carbonyl (C=O) groups is 2. The number of rotatable bonds is 5. The second kappa shape index (κ2) is 5.86. The maximum Gasteiger partial charge on any atom is 0.303 e. The number of para-hydroxylation sites is 2. The summed E-state index contributed by atoms with van der Waals surface area (Å²) in [6.45, 7) is 0. The fourth-order valence-electron chi connectivity index (χ4n) is 1.73. The Morgan fingerprint density at radius 2 is 1.74 bits per heavy atom. The maximum atomic E-state index is 11.7. The average molecular weight is 258 g/mol. The van der Waals surface area contributed by atoms with Gasteiger partial charge in [0.05, 0.1) is 17.8 Å². The second-order valence-corrected chi connectivity index (χ2v) is 4.05. The molecular weight excluding hydrogens is 244 g/mol. The van der Waals surface area contributed by atoms with Crippen LogP contribution >= 0.6 is 0 Å². The van der Waals surface area contributed by atoms with Crippen molar-refractivity contribution in [3.05, 3.63) is 48.8 Å². The summed E-state index contributed by atoms with van der Waals surface area (Å²) in [5.41, 5.74) is 1.50. The molecule has 1 aromatic carbocycles. The van der Waals surface area contributed by atoms with E-state index in [2.05, 4.69) is 5.32 Å². The molecule has 0 aliphatic carbocycles. The summed E-state index contributed by atoms with van der Waals surface area (Å²) < 4.78 is 1.88. The van der Waals surface area contributed by atoms with E-state index in [1.165, 1.54) is 0 Å². The first-order valence-corrected chi connectivity index (χ1v) is 5.91. The number of anilines is 1. The minimum absolute atomic E-state index is 0.0324. The topological polar surface area (TPSA) is 71.3 Å². The van der Waals surface area contributed by atoms with Crippen LogP contribution in [0.1, 0.15) is 12.8 Å². The van der Waals surface area contributed by atoms with Crippen LogP contribution in [0.4, 0.5) is 5.69 Å². The normalized spacial score (nSPS) is 10.1. The van der Waals surface area contributed by atoms with Crippen molar-refractivity contribution in [2.45, 2.75) is 12.8 Å². The van der Waals surface area contributed by atoms with Gasteiger partial charge >= 0.3 is 5.97 Å². The van der Waals surface area contributed by atoms with Gasteiger partial charge in [-0.1, -0.05) is 12.1 Å². The standard InChI is InChI=1S/C14H14N2O3/c17-13(7-8-14(18)19)15-11-5-1-2-6-12(11)16-9-3-4-10-16/h1-6,9-10H,7-8H2,(H,15,17)(H,18,19). The lowest BCUT2D eigenvalue weighted by atomic mass is 10.2. The van der Waals surface area contributed by atoms with E-state index in [0.717, 1.165) is 5.69 Å². The van der Waals surface area contributed by atoms with Crippen molar-refractivity contribution in [1.29, 1.82) is 0 Å². The Labute approximate surface area is 110 Å². The van der Waals surface area contributed by atoms with Gasteiger partial charge in [0.25, 0.3) is 0 Å². The van der Waals surface area contributed by atoms with Crippen molar-refractivity contribution in [3.8, 4) is 5.69 Å². The summed E-state index contributed by atoms with van der Waals surface area (Å²) in [6, 6.07) is 11.1. The number of carboxylic acid groups (broad SMARTS) is 1. The van der Waals surface area contributed by atoms with E-state index in [1.54, 1.807) is 6.07 Å². The van der Waals surface area contributed by atoms with Gasteiger partial charge < -0.3 is 15.0 Å². The number of aromatic nitrogens is 1. The quantitative estimate of drug-likeness (QED) is 0.864. The molecule has 2 N–H and O–H groups in total. The van der Waals surface area contributed by atoms with E-state index >= 15 is 0 Å². The van der Waals surface area contributed by atoms with E-state index in [0.29, 0.717) is 5.69 Å². The van der Waals surface area contributed by atoms with Crippen LogP contribution in [0, 0.1) is 0 Å². The minimum atomic E-state index is -0.978. The molecule has 1 heterocycles. The number of benzene rings is 1. The van der Waals surface area contributed by atoms with E-state index in [-0.39, 0.29) is 18.7 Å². The molecule has 5 nitrogen and oxygen atoms in total. The molecule has 2 rings (SSSR count). The summed E-state index contributed by atoms with van der Waals surface area (Å²) in [6.07, 6.45) is 3.55. The number of nitrogens with zero attached hydrogens (tertiary/aromatic N) is 1. The van der Waals surface area contributed by atoms with E-state index in [4.69, 9.17) is 5.11 Å². The zero-order chi connectivity index (χ0) is 13.7. The Hall–Kier alpha value is -2.56. The molecule has 0 spiro atoms. The first-order valence-electron chi connectivity index (χ1n) is 5.91. The summed E-state index contributed by atoms with van der Waals surface area (Å²) in [7, 11) is 0. The Kier molecular flexibility index (Phi) is 3.97. The lowest BCUT2D eigenvalue weighted by Crippen LogP contribution is -2.14. The average Bonchev–Trinajstić information content (AvgIpc) is 2.91. The zero-order valence-electron chi connectivity index (χ0n) is 10.2. The van der Waals surface area contributed by atoms with Crippen molar-refractivity contribution in [2.75, 3.05) is 5.32 Å². The smallest absolute Gasteiger partial charge is 0.303 e. The largest absolute Gasteiger partial charge is 0.481 e. The van der Waals surface area contributed by atoms with Crippen LogP contribution < -0.4 is 5.32 Å². The highest BCUT2D eigenvalue weighted by atomic mass is 16.4. The molecule has 0 saturated heterocycles. The van der Waals surface area contributed by atoms with Crippen molar-refractivity contribution in [1.82, 2.24) is 4.57 Å². The molecule has 0 fully saturated rings. The number of carbonyl (C=O) groups excluding carboxylic acids is 1. The Morgan fingerprint density at radius 3 is 2.42 bits per heavy atom. The number of hydrogen-bond donors (Lipinski definition) is 2. The van der Waals surface area contributed by atoms with Crippen LogP contribution in [0.5, 0.6) is 0 Å². The lowest BCUT2D eigenvalue weighted by molar-refractivity contribution is -0.138. The van der Waals surface area contributed by atoms with Gasteiger partial charge in [-0.3, -0.25) is 9.59 Å². The van der Waals surface area contributed by atoms with Crippen molar-refractivity contribution in [3.63, 3.8) is 0 Å². The third kappa shape index (κ3) is 3.45. The first-order chi connectivity index (χ1) is 9.16. The van der Waals surface area contributed by atoms with Gasteiger partial charge in [-0.15, -0.1) is 0 Å². The predicted molar refractivity (Wildman–Crippen MR) is 71.3 cm³/mol. The van der Waals surface area contributed by atoms with Crippen molar-refractivity contribution in [2.24, 2.45) is 0 Å². The van der Waals surface area contributed by atoms with Gasteiger partial charge in [-0.05, 0) is 24.3 Å². The van der Waals surface area contributed by atoms with Crippen LogP contribution in [0.2, 0.25) is 0 Å². The summed E-state index contributed by atoms with van der Waals surface area (Å²) in [4.78, 5) is 22.1. The molecule has 0 aliphatic heterocycles. The van der Waals surface area contributed by atoms with Gasteiger partial charge in [-0.25, -0.2) is 0 Å². The molecule has 0 saturated carbocycles. The predicted octanol–water partition coefficient (Wildman–Crippen LogP) is 2.28. The Bertz CT molecular complexity index is 576. The van der Waals surface area contributed by atoms with E-state index in [9.17, 15) is 9.59 Å². The molecule has 5 heteroatoms. The highest BCUT2D eigenvalue weighted by molar-refractivity contribution is 5.94. The van der Waals surface area contributed by atoms with Crippen LogP contribution in [0.15, 0.2) is 48.8 Å². The van der Waals surface area contributed by atoms with Crippen LogP contribution in [0.3, 0.4) is 0 Å². The summed E-state index contributed by atoms with van der Waals surface area (Å²) >= 11 is 0. The molecule has 0 unspecified atom stereocenters. The molecule has 0 radical (unpaired) electrons. The van der Waals surface area contributed by atoms with Gasteiger partial charge in [0.2, 0.25) is 5.91 Å². The monoisotopic (exact) mass is 258 g/mol. The second-order valence-electron chi connectivity index (χ2n) is 4.05. The number of nitrogens with one attached hydrogen (secondary N) is 1. The molecule has 98 valence electrons. The number of amides is 1. The molecule has 19 heavy (non-hydrogen) atoms. The maximum absolute atomic E-state index is 11.7. The van der Waals surface area contributed by atoms with E-state index < -0.39 is 5.97 Å². The Balaban J connectivity index is 2.12. The van der Waals surface area contributed by atoms with Crippen LogP contribution in [0.25, 0.3) is 5.69 Å². The Morgan fingerprint density at radius 1 is 1.05 bits per heavy atom. The fourth-order valence-corrected chi connectivity index (χ4v) is 1.73. The molecular formula is C14H14N2O3. The highest BCUT2D eigenvalue weighted by Crippen LogP contribution is 2.20. The molecule has 1 aromatic heterocycles. The molecule has 0 aliphatic rings. The third-order valence-electron chi connectivity index (χ3n) is 2.63. The SMILES string of the molecule is O=C(O)CCC(=O)Nc1ccccc1-n1cccc1. The minimum Gasteiger partial charge on any atom is -0.481 e. The molecule has 0 atom stereocenters. The van der Waals surface area contributed by atoms with Crippen LogP contribution in [-0.4, -0.2) is 21.6 Å². The zero-order valence-corrected chi connectivity index (χ0v) is 10.2. The number of hydrogen-bond acceptors (Lipinski definition) is 2. The van der Waals surface area contributed by atoms with Crippen molar-refractivity contribution >= 4 is 17.6 Å². The van der Waals surface area contributed by atoms with Gasteiger partial charge in [0, 0.05) is 18.8 Å². The van der Waals surface area contributed by atoms with Gasteiger partial charge in [0.1, 0.15) is 0 Å². The fraction of sp³-hybridized carbons (Fsp3) is 0.143.